The van der Waals surface area contributed by atoms with E-state index in [-0.39, 0.29) is 4.90 Å². The normalized spacial score (nSPS) is 12.2. The van der Waals surface area contributed by atoms with Crippen molar-refractivity contribution in [3.8, 4) is 11.1 Å². The molecule has 0 fully saturated rings. The van der Waals surface area contributed by atoms with Crippen LogP contribution in [-0.2, 0) is 10.0 Å². The van der Waals surface area contributed by atoms with Crippen LogP contribution in [0.3, 0.4) is 0 Å². The fraction of sp³-hybridized carbons (Fsp3) is 0.176. The Balaban J connectivity index is 2.28. The maximum Gasteiger partial charge on any atom is 0.242 e. The maximum atomic E-state index is 12.3. The molecule has 0 unspecified atom stereocenters. The van der Waals surface area contributed by atoms with E-state index in [4.69, 9.17) is 0 Å². The molecule has 0 aliphatic carbocycles. The Morgan fingerprint density at radius 2 is 1.74 bits per heavy atom. The van der Waals surface area contributed by atoms with E-state index in [1.54, 1.807) is 18.2 Å². The summed E-state index contributed by atoms with van der Waals surface area (Å²) in [7, 11) is -0.489. The molecule has 0 bridgehead atoms. The Morgan fingerprint density at radius 3 is 2.43 bits per heavy atom. The first-order valence-corrected chi connectivity index (χ1v) is 8.60. The number of hydrogen-bond acceptors (Lipinski definition) is 3. The van der Waals surface area contributed by atoms with Crippen molar-refractivity contribution in [2.75, 3.05) is 14.1 Å². The Morgan fingerprint density at radius 1 is 1.04 bits per heavy atom. The molecular weight excluding hydrogens is 312 g/mol. The van der Waals surface area contributed by atoms with Gasteiger partial charge in [-0.1, -0.05) is 30.3 Å². The molecule has 3 aromatic rings. The standard InChI is InChI=1S/C17H18N2O3S/c1-12-17(15-9-4-5-10-16(15)19(12)20)13-7-6-8-14(11-13)23(21,22)18(2)3/h4-11,20H,1-3H3. The molecule has 3 rings (SSSR count). The van der Waals surface area contributed by atoms with Gasteiger partial charge in [0.2, 0.25) is 10.0 Å². The number of aromatic nitrogens is 1. The first-order chi connectivity index (χ1) is 10.8. The number of hydrogen-bond donors (Lipinski definition) is 1. The topological polar surface area (TPSA) is 62.5 Å². The lowest BCUT2D eigenvalue weighted by Gasteiger charge is -2.12. The molecule has 0 aliphatic rings. The Bertz CT molecular complexity index is 988. The van der Waals surface area contributed by atoms with Crippen LogP contribution in [0.25, 0.3) is 22.0 Å². The zero-order valence-electron chi connectivity index (χ0n) is 13.2. The zero-order chi connectivity index (χ0) is 16.8. The summed E-state index contributed by atoms with van der Waals surface area (Å²) in [5.74, 6) is 0. The number of sulfonamides is 1. The summed E-state index contributed by atoms with van der Waals surface area (Å²) >= 11 is 0. The first-order valence-electron chi connectivity index (χ1n) is 7.16. The van der Waals surface area contributed by atoms with Crippen LogP contribution in [-0.4, -0.2) is 36.8 Å². The summed E-state index contributed by atoms with van der Waals surface area (Å²) in [4.78, 5) is 0.231. The quantitative estimate of drug-likeness (QED) is 0.751. The van der Waals surface area contributed by atoms with Gasteiger partial charge >= 0.3 is 0 Å². The van der Waals surface area contributed by atoms with Crippen LogP contribution < -0.4 is 0 Å². The van der Waals surface area contributed by atoms with Crippen molar-refractivity contribution in [2.24, 2.45) is 0 Å². The van der Waals surface area contributed by atoms with Gasteiger partial charge in [0.05, 0.1) is 16.1 Å². The summed E-state index contributed by atoms with van der Waals surface area (Å²) in [6, 6.07) is 14.3. The van der Waals surface area contributed by atoms with Gasteiger partial charge < -0.3 is 5.21 Å². The molecule has 23 heavy (non-hydrogen) atoms. The third-order valence-electron chi connectivity index (χ3n) is 3.98. The van der Waals surface area contributed by atoms with E-state index in [2.05, 4.69) is 0 Å². The van der Waals surface area contributed by atoms with Gasteiger partial charge in [-0.05, 0) is 30.7 Å². The van der Waals surface area contributed by atoms with Crippen molar-refractivity contribution < 1.29 is 13.6 Å². The van der Waals surface area contributed by atoms with E-state index in [0.29, 0.717) is 11.2 Å². The minimum absolute atomic E-state index is 0.231. The summed E-state index contributed by atoms with van der Waals surface area (Å²) in [5.41, 5.74) is 2.96. The van der Waals surface area contributed by atoms with Crippen molar-refractivity contribution >= 4 is 20.9 Å². The van der Waals surface area contributed by atoms with Gasteiger partial charge in [-0.2, -0.15) is 4.73 Å². The molecule has 1 N–H and O–H groups in total. The third kappa shape index (κ3) is 2.40. The van der Waals surface area contributed by atoms with E-state index >= 15 is 0 Å². The average molecular weight is 330 g/mol. The monoisotopic (exact) mass is 330 g/mol. The van der Waals surface area contributed by atoms with Gasteiger partial charge in [0, 0.05) is 25.0 Å². The molecular formula is C17H18N2O3S. The lowest BCUT2D eigenvalue weighted by Crippen LogP contribution is -2.22. The highest BCUT2D eigenvalue weighted by Gasteiger charge is 2.20. The Labute approximate surface area is 135 Å². The summed E-state index contributed by atoms with van der Waals surface area (Å²) in [6.45, 7) is 1.81. The molecule has 0 amide bonds. The van der Waals surface area contributed by atoms with Crippen molar-refractivity contribution in [3.05, 3.63) is 54.2 Å². The molecule has 120 valence electrons. The average Bonchev–Trinajstić information content (AvgIpc) is 2.79. The molecule has 6 heteroatoms. The number of benzene rings is 2. The Hall–Kier alpha value is -2.31. The molecule has 0 spiro atoms. The highest BCUT2D eigenvalue weighted by Crippen LogP contribution is 2.34. The van der Waals surface area contributed by atoms with E-state index in [0.717, 1.165) is 21.2 Å². The predicted molar refractivity (Wildman–Crippen MR) is 90.2 cm³/mol. The molecule has 0 aliphatic heterocycles. The van der Waals surface area contributed by atoms with Gasteiger partial charge in [-0.15, -0.1) is 0 Å². The summed E-state index contributed by atoms with van der Waals surface area (Å²) in [5, 5.41) is 11.1. The van der Waals surface area contributed by atoms with Crippen LogP contribution in [0.4, 0.5) is 0 Å². The lowest BCUT2D eigenvalue weighted by molar-refractivity contribution is 0.194. The molecule has 0 saturated carbocycles. The SMILES string of the molecule is Cc1c(-c2cccc(S(=O)(=O)N(C)C)c2)c2ccccc2n1O. The minimum Gasteiger partial charge on any atom is -0.428 e. The van der Waals surface area contributed by atoms with Crippen molar-refractivity contribution in [1.82, 2.24) is 9.04 Å². The maximum absolute atomic E-state index is 12.3. The van der Waals surface area contributed by atoms with Crippen molar-refractivity contribution in [2.45, 2.75) is 11.8 Å². The molecule has 0 saturated heterocycles. The first kappa shape index (κ1) is 15.6. The molecule has 0 radical (unpaired) electrons. The molecule has 0 atom stereocenters. The fourth-order valence-electron chi connectivity index (χ4n) is 2.74. The summed E-state index contributed by atoms with van der Waals surface area (Å²) < 4.78 is 27.0. The molecule has 2 aromatic carbocycles. The van der Waals surface area contributed by atoms with Gasteiger partial charge in [0.25, 0.3) is 0 Å². The third-order valence-corrected chi connectivity index (χ3v) is 5.79. The van der Waals surface area contributed by atoms with Crippen LogP contribution in [0.15, 0.2) is 53.4 Å². The predicted octanol–water partition coefficient (Wildman–Crippen LogP) is 3.10. The van der Waals surface area contributed by atoms with E-state index < -0.39 is 10.0 Å². The van der Waals surface area contributed by atoms with E-state index in [1.807, 2.05) is 37.3 Å². The van der Waals surface area contributed by atoms with Crippen LogP contribution in [0.1, 0.15) is 5.69 Å². The van der Waals surface area contributed by atoms with E-state index in [9.17, 15) is 13.6 Å². The molecule has 1 aromatic heterocycles. The summed E-state index contributed by atoms with van der Waals surface area (Å²) in [6.07, 6.45) is 0. The van der Waals surface area contributed by atoms with Crippen molar-refractivity contribution in [3.63, 3.8) is 0 Å². The second-order valence-corrected chi connectivity index (χ2v) is 7.76. The van der Waals surface area contributed by atoms with Crippen LogP contribution in [0, 0.1) is 6.92 Å². The minimum atomic E-state index is -3.50. The Kier molecular flexibility index (Phi) is 3.66. The molecule has 5 nitrogen and oxygen atoms in total. The highest BCUT2D eigenvalue weighted by molar-refractivity contribution is 7.89. The highest BCUT2D eigenvalue weighted by atomic mass is 32.2. The number of fused-ring (bicyclic) bond motifs is 1. The van der Waals surface area contributed by atoms with Gasteiger partial charge in [0.15, 0.2) is 0 Å². The van der Waals surface area contributed by atoms with Gasteiger partial charge in [-0.3, -0.25) is 0 Å². The number of rotatable bonds is 3. The second-order valence-electron chi connectivity index (χ2n) is 5.60. The fourth-order valence-corrected chi connectivity index (χ4v) is 3.69. The van der Waals surface area contributed by atoms with Gasteiger partial charge in [0.1, 0.15) is 0 Å². The molecule has 1 heterocycles. The van der Waals surface area contributed by atoms with E-state index in [1.165, 1.54) is 18.4 Å². The van der Waals surface area contributed by atoms with Crippen LogP contribution in [0.5, 0.6) is 0 Å². The second kappa shape index (κ2) is 5.40. The van der Waals surface area contributed by atoms with Crippen molar-refractivity contribution in [1.29, 1.82) is 0 Å². The number of para-hydroxylation sites is 1. The number of nitrogens with zero attached hydrogens (tertiary/aromatic N) is 2. The van der Waals surface area contributed by atoms with Crippen LogP contribution >= 0.6 is 0 Å². The zero-order valence-corrected chi connectivity index (χ0v) is 14.0. The lowest BCUT2D eigenvalue weighted by atomic mass is 10.0. The van der Waals surface area contributed by atoms with Crippen LogP contribution in [0.2, 0.25) is 0 Å². The smallest absolute Gasteiger partial charge is 0.242 e. The van der Waals surface area contributed by atoms with Gasteiger partial charge in [-0.25, -0.2) is 12.7 Å². The largest absolute Gasteiger partial charge is 0.428 e.